The quantitative estimate of drug-likeness (QED) is 0.348. The first-order valence-electron chi connectivity index (χ1n) is 7.56. The van der Waals surface area contributed by atoms with E-state index < -0.39 is 12.2 Å². The summed E-state index contributed by atoms with van der Waals surface area (Å²) in [5.74, 6) is 0. The van der Waals surface area contributed by atoms with E-state index in [1.54, 1.807) is 0 Å². The molecule has 0 aromatic rings. The fraction of sp³-hybridized carbons (Fsp3) is 1.00. The number of hydrogen-bond donors (Lipinski definition) is 4. The van der Waals surface area contributed by atoms with Gasteiger partial charge in [0.25, 0.3) is 0 Å². The summed E-state index contributed by atoms with van der Waals surface area (Å²) in [6.45, 7) is 7.76. The summed E-state index contributed by atoms with van der Waals surface area (Å²) >= 11 is 0. The number of unbranched alkanes of at least 4 members (excludes halogenated alkanes) is 2. The summed E-state index contributed by atoms with van der Waals surface area (Å²) in [5.41, 5.74) is 0. The second kappa shape index (κ2) is 14.2. The smallest absolute Gasteiger partial charge is 0.0897 e. The molecule has 0 amide bonds. The molecule has 0 saturated carbocycles. The van der Waals surface area contributed by atoms with E-state index >= 15 is 0 Å². The van der Waals surface area contributed by atoms with Crippen molar-refractivity contribution in [2.24, 2.45) is 0 Å². The first-order chi connectivity index (χ1) is 9.20. The molecule has 19 heavy (non-hydrogen) atoms. The molecule has 0 radical (unpaired) electrons. The monoisotopic (exact) mass is 276 g/mol. The van der Waals surface area contributed by atoms with Gasteiger partial charge in [-0.3, -0.25) is 0 Å². The molecule has 0 bridgehead atoms. The minimum absolute atomic E-state index is 0.269. The van der Waals surface area contributed by atoms with Crippen LogP contribution in [0.5, 0.6) is 0 Å². The van der Waals surface area contributed by atoms with Gasteiger partial charge >= 0.3 is 0 Å². The summed E-state index contributed by atoms with van der Waals surface area (Å²) in [5, 5.41) is 25.6. The molecule has 2 atom stereocenters. The Labute approximate surface area is 117 Å². The van der Waals surface area contributed by atoms with Gasteiger partial charge in [0.05, 0.1) is 25.4 Å². The lowest BCUT2D eigenvalue weighted by Gasteiger charge is -2.15. The number of hydrogen-bond acceptors (Lipinski definition) is 5. The molecule has 0 rings (SSSR count). The van der Waals surface area contributed by atoms with Crippen LogP contribution in [0.3, 0.4) is 0 Å². The average molecular weight is 276 g/mol. The van der Waals surface area contributed by atoms with Crippen molar-refractivity contribution in [1.82, 2.24) is 10.6 Å². The molecular weight excluding hydrogens is 244 g/mol. The number of ether oxygens (including phenoxy) is 1. The first kappa shape index (κ1) is 18.8. The van der Waals surface area contributed by atoms with E-state index in [0.717, 1.165) is 38.8 Å². The largest absolute Gasteiger partial charge is 0.389 e. The number of aliphatic hydroxyl groups is 2. The van der Waals surface area contributed by atoms with E-state index in [4.69, 9.17) is 4.74 Å². The van der Waals surface area contributed by atoms with Crippen LogP contribution in [0, 0.1) is 0 Å². The molecule has 0 aliphatic rings. The van der Waals surface area contributed by atoms with Crippen molar-refractivity contribution in [3.8, 4) is 0 Å². The van der Waals surface area contributed by atoms with Gasteiger partial charge in [-0.1, -0.05) is 26.7 Å². The summed E-state index contributed by atoms with van der Waals surface area (Å²) in [4.78, 5) is 0. The van der Waals surface area contributed by atoms with Crippen LogP contribution in [0.15, 0.2) is 0 Å². The first-order valence-corrected chi connectivity index (χ1v) is 7.56. The predicted octanol–water partition coefficient (Wildman–Crippen LogP) is 0.504. The van der Waals surface area contributed by atoms with Crippen molar-refractivity contribution < 1.29 is 14.9 Å². The van der Waals surface area contributed by atoms with Crippen molar-refractivity contribution in [2.75, 3.05) is 39.4 Å². The zero-order valence-corrected chi connectivity index (χ0v) is 12.5. The van der Waals surface area contributed by atoms with Gasteiger partial charge in [0.2, 0.25) is 0 Å². The summed E-state index contributed by atoms with van der Waals surface area (Å²) in [6.07, 6.45) is 3.54. The van der Waals surface area contributed by atoms with Crippen LogP contribution in [-0.4, -0.2) is 61.8 Å². The van der Waals surface area contributed by atoms with Crippen molar-refractivity contribution in [3.05, 3.63) is 0 Å². The van der Waals surface area contributed by atoms with E-state index in [1.807, 2.05) is 0 Å². The fourth-order valence-corrected chi connectivity index (χ4v) is 1.60. The topological polar surface area (TPSA) is 73.8 Å². The van der Waals surface area contributed by atoms with Gasteiger partial charge in [0, 0.05) is 13.1 Å². The van der Waals surface area contributed by atoms with Crippen molar-refractivity contribution in [2.45, 2.75) is 51.7 Å². The maximum Gasteiger partial charge on any atom is 0.0897 e. The lowest BCUT2D eigenvalue weighted by Crippen LogP contribution is -2.34. The maximum atomic E-state index is 9.62. The lowest BCUT2D eigenvalue weighted by molar-refractivity contribution is -0.00623. The standard InChI is InChI=1S/C14H32N2O3/c1-3-5-7-15-9-13(17)11-19-12-14(18)10-16-8-6-4-2/h13-18H,3-12H2,1-2H3. The van der Waals surface area contributed by atoms with Crippen LogP contribution < -0.4 is 10.6 Å². The Morgan fingerprint density at radius 2 is 1.26 bits per heavy atom. The molecule has 0 aromatic heterocycles. The van der Waals surface area contributed by atoms with Crippen LogP contribution in [0.4, 0.5) is 0 Å². The van der Waals surface area contributed by atoms with Crippen LogP contribution in [0.2, 0.25) is 0 Å². The predicted molar refractivity (Wildman–Crippen MR) is 78.4 cm³/mol. The summed E-state index contributed by atoms with van der Waals surface area (Å²) in [6, 6.07) is 0. The summed E-state index contributed by atoms with van der Waals surface area (Å²) < 4.78 is 5.29. The molecule has 2 unspecified atom stereocenters. The summed E-state index contributed by atoms with van der Waals surface area (Å²) in [7, 11) is 0. The molecule has 5 nitrogen and oxygen atoms in total. The highest BCUT2D eigenvalue weighted by molar-refractivity contribution is 4.61. The van der Waals surface area contributed by atoms with E-state index in [9.17, 15) is 10.2 Å². The molecule has 0 saturated heterocycles. The Balaban J connectivity index is 3.30. The molecule has 0 aliphatic carbocycles. The van der Waals surface area contributed by atoms with Gasteiger partial charge in [-0.15, -0.1) is 0 Å². The SMILES string of the molecule is CCCCNCC(O)COCC(O)CNCCCC. The molecule has 4 N–H and O–H groups in total. The third-order valence-electron chi connectivity index (χ3n) is 2.79. The highest BCUT2D eigenvalue weighted by Gasteiger charge is 2.07. The molecule has 0 heterocycles. The molecule has 0 aliphatic heterocycles. The van der Waals surface area contributed by atoms with Crippen LogP contribution in [-0.2, 0) is 4.74 Å². The molecule has 0 aromatic carbocycles. The lowest BCUT2D eigenvalue weighted by atomic mass is 10.3. The number of nitrogens with one attached hydrogen (secondary N) is 2. The second-order valence-corrected chi connectivity index (χ2v) is 4.96. The van der Waals surface area contributed by atoms with E-state index in [1.165, 1.54) is 0 Å². The Hall–Kier alpha value is -0.200. The molecule has 116 valence electrons. The van der Waals surface area contributed by atoms with Gasteiger partial charge in [0.1, 0.15) is 0 Å². The van der Waals surface area contributed by atoms with Crippen LogP contribution in [0.25, 0.3) is 0 Å². The zero-order chi connectivity index (χ0) is 14.3. The van der Waals surface area contributed by atoms with Crippen molar-refractivity contribution >= 4 is 0 Å². The number of aliphatic hydroxyl groups excluding tert-OH is 2. The average Bonchev–Trinajstić information content (AvgIpc) is 2.40. The fourth-order valence-electron chi connectivity index (χ4n) is 1.60. The molecule has 0 fully saturated rings. The third-order valence-corrected chi connectivity index (χ3v) is 2.79. The van der Waals surface area contributed by atoms with E-state index in [0.29, 0.717) is 13.1 Å². The highest BCUT2D eigenvalue weighted by atomic mass is 16.5. The molecular formula is C14H32N2O3. The molecule has 5 heteroatoms. The van der Waals surface area contributed by atoms with Crippen molar-refractivity contribution in [3.63, 3.8) is 0 Å². The highest BCUT2D eigenvalue weighted by Crippen LogP contribution is 1.90. The third kappa shape index (κ3) is 14.0. The van der Waals surface area contributed by atoms with Crippen LogP contribution >= 0.6 is 0 Å². The maximum absolute atomic E-state index is 9.62. The van der Waals surface area contributed by atoms with Gasteiger partial charge in [-0.2, -0.15) is 0 Å². The Bertz CT molecular complexity index is 164. The van der Waals surface area contributed by atoms with Gasteiger partial charge < -0.3 is 25.6 Å². The second-order valence-electron chi connectivity index (χ2n) is 4.96. The van der Waals surface area contributed by atoms with E-state index in [2.05, 4.69) is 24.5 Å². The van der Waals surface area contributed by atoms with Gasteiger partial charge in [-0.05, 0) is 25.9 Å². The zero-order valence-electron chi connectivity index (χ0n) is 12.5. The Morgan fingerprint density at radius 3 is 1.63 bits per heavy atom. The van der Waals surface area contributed by atoms with Crippen molar-refractivity contribution in [1.29, 1.82) is 0 Å². The Kier molecular flexibility index (Phi) is 14.1. The van der Waals surface area contributed by atoms with Gasteiger partial charge in [0.15, 0.2) is 0 Å². The molecule has 0 spiro atoms. The number of rotatable bonds is 14. The Morgan fingerprint density at radius 1 is 0.842 bits per heavy atom. The van der Waals surface area contributed by atoms with Crippen LogP contribution in [0.1, 0.15) is 39.5 Å². The normalized spacial score (nSPS) is 14.5. The minimum atomic E-state index is -0.503. The van der Waals surface area contributed by atoms with Gasteiger partial charge in [-0.25, -0.2) is 0 Å². The minimum Gasteiger partial charge on any atom is -0.389 e. The van der Waals surface area contributed by atoms with E-state index in [-0.39, 0.29) is 13.2 Å².